The van der Waals surface area contributed by atoms with Gasteiger partial charge in [-0.2, -0.15) is 0 Å². The van der Waals surface area contributed by atoms with Gasteiger partial charge in [0.15, 0.2) is 0 Å². The smallest absolute Gasteiger partial charge is 0.137 e. The highest BCUT2D eigenvalue weighted by Gasteiger charge is 2.39. The normalized spacial score (nSPS) is 24.3. The first kappa shape index (κ1) is 16.1. The van der Waals surface area contributed by atoms with Gasteiger partial charge in [-0.3, -0.25) is 0 Å². The lowest BCUT2D eigenvalue weighted by molar-refractivity contribution is 0.439. The van der Waals surface area contributed by atoms with E-state index in [1.165, 1.54) is 25.7 Å². The quantitative estimate of drug-likeness (QED) is 0.633. The minimum atomic E-state index is 0.557. The van der Waals surface area contributed by atoms with E-state index >= 15 is 0 Å². The molecule has 1 N–H and O–H groups in total. The third-order valence-electron chi connectivity index (χ3n) is 6.03. The van der Waals surface area contributed by atoms with Crippen LogP contribution in [0.1, 0.15) is 31.5 Å². The molecule has 2 aromatic carbocycles. The number of aryl methyl sites for hydroxylation is 1. The average Bonchev–Trinajstić information content (AvgIpc) is 3.24. The summed E-state index contributed by atoms with van der Waals surface area (Å²) in [7, 11) is 0. The van der Waals surface area contributed by atoms with Gasteiger partial charge in [0.2, 0.25) is 0 Å². The number of nitrogens with one attached hydrogen (secondary N) is 1. The first-order valence-electron chi connectivity index (χ1n) is 9.46. The fraction of sp³-hybridized carbons (Fsp3) is 0.364. The molecule has 3 aromatic rings. The Labute approximate surface area is 158 Å². The van der Waals surface area contributed by atoms with Crippen molar-refractivity contribution in [3.05, 3.63) is 53.3 Å². The summed E-state index contributed by atoms with van der Waals surface area (Å²) in [5.41, 5.74) is 3.25. The highest BCUT2D eigenvalue weighted by Crippen LogP contribution is 2.45. The van der Waals surface area contributed by atoms with Gasteiger partial charge in [0.05, 0.1) is 5.52 Å². The topological polar surface area (TPSA) is 37.8 Å². The molecule has 132 valence electrons. The Morgan fingerprint density at radius 3 is 2.65 bits per heavy atom. The Hall–Kier alpha value is -2.13. The lowest BCUT2D eigenvalue weighted by Crippen LogP contribution is -2.26. The summed E-state index contributed by atoms with van der Waals surface area (Å²) in [5.74, 6) is 3.52. The molecule has 26 heavy (non-hydrogen) atoms. The van der Waals surface area contributed by atoms with Crippen LogP contribution >= 0.6 is 11.6 Å². The van der Waals surface area contributed by atoms with Crippen LogP contribution in [0, 0.1) is 18.8 Å². The number of fused-ring (bicyclic) bond motifs is 3. The Kier molecular flexibility index (Phi) is 3.86. The van der Waals surface area contributed by atoms with E-state index in [1.807, 2.05) is 25.1 Å². The minimum Gasteiger partial charge on any atom is -0.366 e. The second-order valence-electron chi connectivity index (χ2n) is 7.79. The standard InChI is InChI=1S/C22H22ClN3/c1-13-24-20-8-7-16(15-3-2-4-18(23)11-15)12-19(20)22(25-13)26-21-10-14-5-6-17(21)9-14/h2-4,7-8,11-12,14,17,21H,5-6,9-10H2,1H3,(H,24,25,26)/t14-,17+,21+/m0/s1. The zero-order valence-electron chi connectivity index (χ0n) is 14.9. The summed E-state index contributed by atoms with van der Waals surface area (Å²) in [6, 6.07) is 14.9. The SMILES string of the molecule is Cc1nc(N[C@@H]2C[C@H]3CC[C@@H]2C3)c2cc(-c3cccc(Cl)c3)ccc2n1. The predicted molar refractivity (Wildman–Crippen MR) is 108 cm³/mol. The molecule has 4 heteroatoms. The number of nitrogens with zero attached hydrogens (tertiary/aromatic N) is 2. The van der Waals surface area contributed by atoms with Crippen molar-refractivity contribution in [3.8, 4) is 11.1 Å². The summed E-state index contributed by atoms with van der Waals surface area (Å²) in [6.45, 7) is 1.97. The first-order chi connectivity index (χ1) is 12.7. The molecule has 0 spiro atoms. The molecule has 0 amide bonds. The molecule has 3 nitrogen and oxygen atoms in total. The van der Waals surface area contributed by atoms with Crippen molar-refractivity contribution < 1.29 is 0 Å². The van der Waals surface area contributed by atoms with Crippen molar-refractivity contribution in [1.82, 2.24) is 9.97 Å². The van der Waals surface area contributed by atoms with E-state index in [2.05, 4.69) is 34.6 Å². The molecule has 2 aliphatic rings. The fourth-order valence-corrected chi connectivity index (χ4v) is 4.99. The summed E-state index contributed by atoms with van der Waals surface area (Å²) in [4.78, 5) is 9.39. The van der Waals surface area contributed by atoms with E-state index in [4.69, 9.17) is 16.6 Å². The third-order valence-corrected chi connectivity index (χ3v) is 6.26. The number of aromatic nitrogens is 2. The van der Waals surface area contributed by atoms with E-state index in [9.17, 15) is 0 Å². The maximum absolute atomic E-state index is 6.18. The molecule has 0 saturated heterocycles. The highest BCUT2D eigenvalue weighted by atomic mass is 35.5. The van der Waals surface area contributed by atoms with Gasteiger partial charge >= 0.3 is 0 Å². The Bertz CT molecular complexity index is 984. The summed E-state index contributed by atoms with van der Waals surface area (Å²) in [5, 5.41) is 5.62. The molecule has 5 rings (SSSR count). The molecular weight excluding hydrogens is 342 g/mol. The van der Waals surface area contributed by atoms with Gasteiger partial charge in [-0.05, 0) is 73.4 Å². The molecule has 1 aromatic heterocycles. The minimum absolute atomic E-state index is 0.557. The van der Waals surface area contributed by atoms with Crippen LogP contribution in [0.5, 0.6) is 0 Å². The predicted octanol–water partition coefficient (Wildman–Crippen LogP) is 5.86. The molecule has 0 radical (unpaired) electrons. The Morgan fingerprint density at radius 2 is 1.88 bits per heavy atom. The van der Waals surface area contributed by atoms with Gasteiger partial charge in [0.25, 0.3) is 0 Å². The van der Waals surface area contributed by atoms with Crippen LogP contribution in [0.15, 0.2) is 42.5 Å². The number of anilines is 1. The van der Waals surface area contributed by atoms with Crippen molar-refractivity contribution in [2.45, 2.75) is 38.6 Å². The summed E-state index contributed by atoms with van der Waals surface area (Å²) < 4.78 is 0. The van der Waals surface area contributed by atoms with E-state index in [0.717, 1.165) is 50.5 Å². The van der Waals surface area contributed by atoms with E-state index in [1.54, 1.807) is 0 Å². The molecule has 0 aliphatic heterocycles. The molecule has 2 saturated carbocycles. The molecule has 2 fully saturated rings. The Balaban J connectivity index is 1.57. The molecule has 3 atom stereocenters. The van der Waals surface area contributed by atoms with E-state index in [0.29, 0.717) is 6.04 Å². The lowest BCUT2D eigenvalue weighted by atomic mass is 9.95. The fourth-order valence-electron chi connectivity index (χ4n) is 4.80. The van der Waals surface area contributed by atoms with Crippen LogP contribution in [0.3, 0.4) is 0 Å². The van der Waals surface area contributed by atoms with Crippen LogP contribution in [-0.4, -0.2) is 16.0 Å². The van der Waals surface area contributed by atoms with Crippen molar-refractivity contribution in [2.75, 3.05) is 5.32 Å². The van der Waals surface area contributed by atoms with Crippen molar-refractivity contribution in [3.63, 3.8) is 0 Å². The van der Waals surface area contributed by atoms with Crippen LogP contribution in [-0.2, 0) is 0 Å². The molecule has 2 aliphatic carbocycles. The van der Waals surface area contributed by atoms with Gasteiger partial charge in [0, 0.05) is 16.5 Å². The number of hydrogen-bond acceptors (Lipinski definition) is 3. The number of halogens is 1. The second-order valence-corrected chi connectivity index (χ2v) is 8.22. The van der Waals surface area contributed by atoms with Crippen LogP contribution in [0.4, 0.5) is 5.82 Å². The van der Waals surface area contributed by atoms with Crippen molar-refractivity contribution >= 4 is 28.3 Å². The second kappa shape index (κ2) is 6.24. The number of hydrogen-bond donors (Lipinski definition) is 1. The monoisotopic (exact) mass is 363 g/mol. The van der Waals surface area contributed by atoms with Gasteiger partial charge in [-0.25, -0.2) is 9.97 Å². The summed E-state index contributed by atoms with van der Waals surface area (Å²) >= 11 is 6.18. The lowest BCUT2D eigenvalue weighted by Gasteiger charge is -2.24. The maximum Gasteiger partial charge on any atom is 0.137 e. The number of rotatable bonds is 3. The van der Waals surface area contributed by atoms with E-state index < -0.39 is 0 Å². The van der Waals surface area contributed by atoms with Crippen molar-refractivity contribution in [2.24, 2.45) is 11.8 Å². The molecule has 1 heterocycles. The van der Waals surface area contributed by atoms with Gasteiger partial charge in [0.1, 0.15) is 11.6 Å². The zero-order chi connectivity index (χ0) is 17.7. The molecule has 2 bridgehead atoms. The molecular formula is C22H22ClN3. The van der Waals surface area contributed by atoms with Crippen LogP contribution in [0.2, 0.25) is 5.02 Å². The van der Waals surface area contributed by atoms with Gasteiger partial charge in [-0.1, -0.05) is 36.2 Å². The average molecular weight is 364 g/mol. The first-order valence-corrected chi connectivity index (χ1v) is 9.84. The number of benzene rings is 2. The van der Waals surface area contributed by atoms with Gasteiger partial charge < -0.3 is 5.32 Å². The van der Waals surface area contributed by atoms with Crippen LogP contribution < -0.4 is 5.32 Å². The van der Waals surface area contributed by atoms with Crippen molar-refractivity contribution in [1.29, 1.82) is 0 Å². The molecule has 0 unspecified atom stereocenters. The third kappa shape index (κ3) is 2.84. The largest absolute Gasteiger partial charge is 0.366 e. The summed E-state index contributed by atoms with van der Waals surface area (Å²) in [6.07, 6.45) is 5.43. The van der Waals surface area contributed by atoms with E-state index in [-0.39, 0.29) is 0 Å². The van der Waals surface area contributed by atoms with Crippen LogP contribution in [0.25, 0.3) is 22.0 Å². The Morgan fingerprint density at radius 1 is 1.00 bits per heavy atom. The maximum atomic E-state index is 6.18. The van der Waals surface area contributed by atoms with Gasteiger partial charge in [-0.15, -0.1) is 0 Å². The zero-order valence-corrected chi connectivity index (χ0v) is 15.6. The highest BCUT2D eigenvalue weighted by molar-refractivity contribution is 6.30.